The normalized spacial score (nSPS) is 28.2. The Morgan fingerprint density at radius 2 is 1.37 bits per heavy atom. The first-order valence-corrected chi connectivity index (χ1v) is 14.4. The zero-order valence-electron chi connectivity index (χ0n) is 18.3. The Kier molecular flexibility index (Phi) is 6.60. The Labute approximate surface area is 230 Å². The van der Waals surface area contributed by atoms with Crippen LogP contribution in [0.25, 0.3) is 0 Å². The minimum atomic E-state index is -4.69. The van der Waals surface area contributed by atoms with E-state index in [-0.39, 0.29) is 41.5 Å². The van der Waals surface area contributed by atoms with Crippen molar-refractivity contribution >= 4 is 67.2 Å². The van der Waals surface area contributed by atoms with E-state index in [1.54, 1.807) is 45.2 Å². The number of allylic oxidation sites excluding steroid dienone is 4. The molecule has 10 heteroatoms. The van der Waals surface area contributed by atoms with Crippen molar-refractivity contribution in [3.63, 3.8) is 0 Å². The van der Waals surface area contributed by atoms with E-state index in [9.17, 15) is 22.6 Å². The third kappa shape index (κ3) is 4.15. The van der Waals surface area contributed by atoms with Crippen molar-refractivity contribution in [1.29, 1.82) is 0 Å². The molecule has 4 aliphatic carbocycles. The molecule has 6 atom stereocenters. The number of esters is 2. The van der Waals surface area contributed by atoms with Crippen LogP contribution in [0.1, 0.15) is 23.0 Å². The molecule has 35 heavy (non-hydrogen) atoms. The fraction of sp³-hybridized carbons (Fsp3) is 0.280. The van der Waals surface area contributed by atoms with Crippen molar-refractivity contribution in [2.75, 3.05) is 7.11 Å². The summed E-state index contributed by atoms with van der Waals surface area (Å²) in [6, 6.07) is 10.6. The summed E-state index contributed by atoms with van der Waals surface area (Å²) in [4.78, 5) is 26.5. The Morgan fingerprint density at radius 1 is 0.886 bits per heavy atom. The number of rotatable bonds is 4. The zero-order valence-corrected chi connectivity index (χ0v) is 23.4. The highest BCUT2D eigenvalue weighted by Crippen LogP contribution is 2.62. The van der Waals surface area contributed by atoms with E-state index in [1.807, 2.05) is 36.4 Å². The molecule has 0 aliphatic heterocycles. The van der Waals surface area contributed by atoms with Gasteiger partial charge in [0.1, 0.15) is 15.9 Å². The molecule has 1 fully saturated rings. The number of fused-ring (bicyclic) bond motifs is 1. The molecule has 6 rings (SSSR count). The number of halogens is 2. The SMILES string of the molecule is COC(=O)C1C(C(=O)Oc2cc(I)c(S(=O)(=O)[O-])c(I)c2)C2c3ccccc3C1C1C=CC=CC12. The predicted molar refractivity (Wildman–Crippen MR) is 142 cm³/mol. The highest BCUT2D eigenvalue weighted by atomic mass is 127. The largest absolute Gasteiger partial charge is 0.744 e. The average molecular weight is 717 g/mol. The molecule has 4 aliphatic rings. The van der Waals surface area contributed by atoms with Gasteiger partial charge in [0.05, 0.1) is 23.8 Å². The van der Waals surface area contributed by atoms with E-state index >= 15 is 0 Å². The molecule has 0 aromatic heterocycles. The van der Waals surface area contributed by atoms with Gasteiger partial charge in [0.25, 0.3) is 0 Å². The van der Waals surface area contributed by atoms with Crippen molar-refractivity contribution in [2.45, 2.75) is 16.7 Å². The standard InChI is InChI=1S/C25H20I2O7S/c1-33-24(28)21-19-13-6-2-4-8-15(13)20(16-9-5-3-7-14(16)19)22(21)25(29)34-12-10-17(26)23(18(27)11-12)35(30,31)32/h2-11,13,15,19-22H,1H3,(H,30,31,32)/p-1. The molecule has 2 aromatic rings. The first-order valence-electron chi connectivity index (χ1n) is 10.8. The number of carbonyl (C=O) groups excluding carboxylic acids is 2. The van der Waals surface area contributed by atoms with Gasteiger partial charge in [-0.25, -0.2) is 8.42 Å². The molecule has 1 saturated carbocycles. The molecular weight excluding hydrogens is 698 g/mol. The molecule has 6 unspecified atom stereocenters. The van der Waals surface area contributed by atoms with E-state index in [1.165, 1.54) is 19.2 Å². The van der Waals surface area contributed by atoms with Crippen molar-refractivity contribution in [1.82, 2.24) is 0 Å². The molecule has 0 N–H and O–H groups in total. The summed E-state index contributed by atoms with van der Waals surface area (Å²) in [6.45, 7) is 0. The second-order valence-corrected chi connectivity index (χ2v) is 12.4. The fourth-order valence-corrected chi connectivity index (χ4v) is 9.87. The smallest absolute Gasteiger partial charge is 0.315 e. The van der Waals surface area contributed by atoms with E-state index in [4.69, 9.17) is 9.47 Å². The van der Waals surface area contributed by atoms with E-state index in [2.05, 4.69) is 12.2 Å². The predicted octanol–water partition coefficient (Wildman–Crippen LogP) is 4.36. The summed E-state index contributed by atoms with van der Waals surface area (Å²) in [7, 11) is -3.37. The summed E-state index contributed by atoms with van der Waals surface area (Å²) in [6.07, 6.45) is 8.13. The molecule has 0 amide bonds. The molecule has 0 saturated heterocycles. The molecule has 0 spiro atoms. The maximum Gasteiger partial charge on any atom is 0.315 e. The Bertz CT molecular complexity index is 1380. The average Bonchev–Trinajstić information content (AvgIpc) is 2.81. The number of benzene rings is 2. The van der Waals surface area contributed by atoms with Gasteiger partial charge in [-0.15, -0.1) is 0 Å². The minimum Gasteiger partial charge on any atom is -0.744 e. The van der Waals surface area contributed by atoms with Crippen molar-refractivity contribution in [3.8, 4) is 5.75 Å². The third-order valence-electron chi connectivity index (χ3n) is 7.11. The minimum absolute atomic E-state index is 0.0200. The lowest BCUT2D eigenvalue weighted by atomic mass is 9.48. The summed E-state index contributed by atoms with van der Waals surface area (Å²) >= 11 is 3.47. The molecule has 2 bridgehead atoms. The molecule has 0 heterocycles. The second-order valence-electron chi connectivity index (χ2n) is 8.77. The van der Waals surface area contributed by atoms with Crippen LogP contribution in [0.2, 0.25) is 0 Å². The zero-order chi connectivity index (χ0) is 25.1. The van der Waals surface area contributed by atoms with Gasteiger partial charge in [-0.3, -0.25) is 9.59 Å². The first kappa shape index (κ1) is 24.9. The Morgan fingerprint density at radius 3 is 1.83 bits per heavy atom. The summed E-state index contributed by atoms with van der Waals surface area (Å²) < 4.78 is 46.1. The lowest BCUT2D eigenvalue weighted by Crippen LogP contribution is -2.54. The van der Waals surface area contributed by atoms with Gasteiger partial charge in [0, 0.05) is 19.0 Å². The molecule has 182 valence electrons. The van der Waals surface area contributed by atoms with Crippen LogP contribution >= 0.6 is 45.2 Å². The summed E-state index contributed by atoms with van der Waals surface area (Å²) in [5.41, 5.74) is 2.07. The maximum absolute atomic E-state index is 13.7. The van der Waals surface area contributed by atoms with Crippen molar-refractivity contribution < 1.29 is 32.0 Å². The second kappa shape index (κ2) is 9.27. The lowest BCUT2D eigenvalue weighted by molar-refractivity contribution is -0.161. The van der Waals surface area contributed by atoms with Crippen LogP contribution in [0.3, 0.4) is 0 Å². The summed E-state index contributed by atoms with van der Waals surface area (Å²) in [5, 5.41) is 0. The highest BCUT2D eigenvalue weighted by molar-refractivity contribution is 14.1. The number of hydrogen-bond acceptors (Lipinski definition) is 7. The number of hydrogen-bond donors (Lipinski definition) is 0. The van der Waals surface area contributed by atoms with Gasteiger partial charge in [-0.1, -0.05) is 48.6 Å². The van der Waals surface area contributed by atoms with Crippen LogP contribution in [0, 0.1) is 30.8 Å². The van der Waals surface area contributed by atoms with Crippen LogP contribution in [0.15, 0.2) is 65.6 Å². The van der Waals surface area contributed by atoms with Crippen LogP contribution in [-0.4, -0.2) is 32.0 Å². The van der Waals surface area contributed by atoms with E-state index < -0.39 is 33.9 Å². The molecule has 2 aromatic carbocycles. The Hall–Kier alpha value is -1.77. The molecule has 0 radical (unpaired) electrons. The maximum atomic E-state index is 13.7. The summed E-state index contributed by atoms with van der Waals surface area (Å²) in [5.74, 6) is -2.93. The number of methoxy groups -OCH3 is 1. The van der Waals surface area contributed by atoms with Crippen molar-refractivity contribution in [2.24, 2.45) is 23.7 Å². The lowest BCUT2D eigenvalue weighted by Gasteiger charge is -2.54. The van der Waals surface area contributed by atoms with Gasteiger partial charge in [0.2, 0.25) is 0 Å². The first-order chi connectivity index (χ1) is 16.6. The van der Waals surface area contributed by atoms with E-state index in [0.29, 0.717) is 0 Å². The van der Waals surface area contributed by atoms with Crippen molar-refractivity contribution in [3.05, 3.63) is 79.0 Å². The fourth-order valence-electron chi connectivity index (χ4n) is 5.95. The number of carbonyl (C=O) groups is 2. The van der Waals surface area contributed by atoms with Gasteiger partial charge in [0.15, 0.2) is 0 Å². The molecular formula is C25H19I2O7S-. The van der Waals surface area contributed by atoms with Gasteiger partial charge in [-0.05, 0) is 80.3 Å². The topological polar surface area (TPSA) is 110 Å². The monoisotopic (exact) mass is 717 g/mol. The van der Waals surface area contributed by atoms with E-state index in [0.717, 1.165) is 11.1 Å². The highest BCUT2D eigenvalue weighted by Gasteiger charge is 2.60. The van der Waals surface area contributed by atoms with Gasteiger partial charge < -0.3 is 14.0 Å². The van der Waals surface area contributed by atoms with Gasteiger partial charge in [-0.2, -0.15) is 0 Å². The van der Waals surface area contributed by atoms with Gasteiger partial charge >= 0.3 is 11.9 Å². The van der Waals surface area contributed by atoms with Crippen LogP contribution in [0.5, 0.6) is 5.75 Å². The quantitative estimate of drug-likeness (QED) is 0.200. The Balaban J connectivity index is 1.58. The molecule has 7 nitrogen and oxygen atoms in total. The number of ether oxygens (including phenoxy) is 2. The van der Waals surface area contributed by atoms with Crippen LogP contribution in [-0.2, 0) is 24.4 Å². The van der Waals surface area contributed by atoms with Crippen LogP contribution < -0.4 is 4.74 Å². The van der Waals surface area contributed by atoms with Crippen LogP contribution in [0.4, 0.5) is 0 Å². The third-order valence-corrected chi connectivity index (χ3v) is 10.5.